The number of carbonyl (C=O) groups is 1. The number of hydrogen-bond acceptors (Lipinski definition) is 3. The molecule has 0 aromatic heterocycles. The second-order valence-corrected chi connectivity index (χ2v) is 7.03. The summed E-state index contributed by atoms with van der Waals surface area (Å²) in [7, 11) is 0. The van der Waals surface area contributed by atoms with Gasteiger partial charge in [0.05, 0.1) is 10.0 Å². The van der Waals surface area contributed by atoms with Crippen molar-refractivity contribution in [2.45, 2.75) is 0 Å². The summed E-state index contributed by atoms with van der Waals surface area (Å²) >= 11 is 10.1. The maximum absolute atomic E-state index is 12.4. The highest BCUT2D eigenvalue weighted by atomic mass is 79.9. The number of ketones is 1. The molecule has 0 saturated carbocycles. The van der Waals surface area contributed by atoms with Gasteiger partial charge in [0.15, 0.2) is 11.5 Å². The molecule has 0 radical (unpaired) electrons. The molecular formula is C15H7Br3O3. The summed E-state index contributed by atoms with van der Waals surface area (Å²) in [5.41, 5.74) is 1.26. The highest BCUT2D eigenvalue weighted by Crippen LogP contribution is 2.40. The first kappa shape index (κ1) is 14.8. The lowest BCUT2D eigenvalue weighted by molar-refractivity contribution is 0.101. The van der Waals surface area contributed by atoms with E-state index in [2.05, 4.69) is 47.8 Å². The van der Waals surface area contributed by atoms with Gasteiger partial charge in [-0.25, -0.2) is 0 Å². The number of fused-ring (bicyclic) bond motifs is 1. The van der Waals surface area contributed by atoms with Crippen LogP contribution in [0.15, 0.2) is 49.5 Å². The standard InChI is InChI=1S/C15H7Br3O3/c16-8-4-10-14(20)13(21-15(10)12(18)5-8)3-7-1-2-9(19)6-11(7)17/h1-6,19H/b13-3-. The Bertz CT molecular complexity index is 797. The van der Waals surface area contributed by atoms with Crippen molar-refractivity contribution in [1.82, 2.24) is 0 Å². The van der Waals surface area contributed by atoms with Gasteiger partial charge < -0.3 is 9.84 Å². The molecule has 0 aliphatic carbocycles. The third kappa shape index (κ3) is 2.80. The van der Waals surface area contributed by atoms with Gasteiger partial charge in [0.25, 0.3) is 0 Å². The van der Waals surface area contributed by atoms with E-state index in [1.54, 1.807) is 30.3 Å². The molecule has 0 fully saturated rings. The third-order valence-electron chi connectivity index (χ3n) is 2.96. The van der Waals surface area contributed by atoms with E-state index in [9.17, 15) is 9.90 Å². The molecule has 0 unspecified atom stereocenters. The molecule has 0 atom stereocenters. The minimum Gasteiger partial charge on any atom is -0.508 e. The number of halogens is 3. The molecule has 6 heteroatoms. The van der Waals surface area contributed by atoms with Gasteiger partial charge in [-0.05, 0) is 51.8 Å². The Hall–Kier alpha value is -1.11. The van der Waals surface area contributed by atoms with Crippen molar-refractivity contribution < 1.29 is 14.6 Å². The van der Waals surface area contributed by atoms with Crippen molar-refractivity contribution in [2.24, 2.45) is 0 Å². The molecule has 0 amide bonds. The molecule has 106 valence electrons. The van der Waals surface area contributed by atoms with E-state index in [-0.39, 0.29) is 17.3 Å². The van der Waals surface area contributed by atoms with Crippen molar-refractivity contribution in [3.05, 3.63) is 60.6 Å². The zero-order valence-corrected chi connectivity index (χ0v) is 15.1. The van der Waals surface area contributed by atoms with Crippen molar-refractivity contribution >= 4 is 59.6 Å². The SMILES string of the molecule is O=C1/C(=C/c2ccc(O)cc2Br)Oc2c(Br)cc(Br)cc21. The third-order valence-corrected chi connectivity index (χ3v) is 4.69. The number of rotatable bonds is 1. The van der Waals surface area contributed by atoms with Crippen molar-refractivity contribution in [2.75, 3.05) is 0 Å². The van der Waals surface area contributed by atoms with Gasteiger partial charge in [0.2, 0.25) is 5.78 Å². The van der Waals surface area contributed by atoms with Crippen LogP contribution in [0.2, 0.25) is 0 Å². The van der Waals surface area contributed by atoms with Crippen LogP contribution < -0.4 is 4.74 Å². The molecule has 0 bridgehead atoms. The van der Waals surface area contributed by atoms with Crippen LogP contribution in [-0.2, 0) is 0 Å². The predicted octanol–water partition coefficient (Wildman–Crippen LogP) is 5.30. The first-order valence-corrected chi connectivity index (χ1v) is 8.25. The minimum absolute atomic E-state index is 0.151. The molecule has 1 N–H and O–H groups in total. The number of allylic oxidation sites excluding steroid dienone is 1. The maximum Gasteiger partial charge on any atom is 0.232 e. The van der Waals surface area contributed by atoms with Crippen molar-refractivity contribution in [3.63, 3.8) is 0 Å². The van der Waals surface area contributed by atoms with Crippen LogP contribution in [0.25, 0.3) is 6.08 Å². The van der Waals surface area contributed by atoms with Gasteiger partial charge in [-0.1, -0.05) is 37.9 Å². The molecule has 2 aromatic carbocycles. The van der Waals surface area contributed by atoms with Crippen LogP contribution in [0.4, 0.5) is 0 Å². The van der Waals surface area contributed by atoms with E-state index in [1.165, 1.54) is 0 Å². The highest BCUT2D eigenvalue weighted by molar-refractivity contribution is 9.11. The average Bonchev–Trinajstić information content (AvgIpc) is 2.71. The second-order valence-electron chi connectivity index (χ2n) is 4.41. The van der Waals surface area contributed by atoms with Crippen LogP contribution in [0, 0.1) is 0 Å². The van der Waals surface area contributed by atoms with Crippen molar-refractivity contribution in [3.8, 4) is 11.5 Å². The number of ether oxygens (including phenoxy) is 1. The number of benzene rings is 2. The molecule has 1 heterocycles. The zero-order valence-electron chi connectivity index (χ0n) is 10.4. The van der Waals surface area contributed by atoms with Crippen LogP contribution in [0.1, 0.15) is 15.9 Å². The van der Waals surface area contributed by atoms with Crippen LogP contribution in [-0.4, -0.2) is 10.9 Å². The molecule has 1 aliphatic heterocycles. The second kappa shape index (κ2) is 5.59. The topological polar surface area (TPSA) is 46.5 Å². The summed E-state index contributed by atoms with van der Waals surface area (Å²) in [5.74, 6) is 0.740. The first-order chi connectivity index (χ1) is 9.95. The summed E-state index contributed by atoms with van der Waals surface area (Å²) < 4.78 is 7.86. The predicted molar refractivity (Wildman–Crippen MR) is 90.6 cm³/mol. The Balaban J connectivity index is 2.05. The number of aromatic hydroxyl groups is 1. The Kier molecular flexibility index (Phi) is 3.94. The molecule has 2 aromatic rings. The average molecular weight is 475 g/mol. The Morgan fingerprint density at radius 1 is 1.05 bits per heavy atom. The van der Waals surface area contributed by atoms with Crippen molar-refractivity contribution in [1.29, 1.82) is 0 Å². The lowest BCUT2D eigenvalue weighted by Crippen LogP contribution is -1.98. The number of phenols is 1. The maximum atomic E-state index is 12.4. The van der Waals surface area contributed by atoms with Gasteiger partial charge in [-0.3, -0.25) is 4.79 Å². The fourth-order valence-corrected chi connectivity index (χ4v) is 3.78. The number of carbonyl (C=O) groups excluding carboxylic acids is 1. The molecule has 3 rings (SSSR count). The Morgan fingerprint density at radius 2 is 1.81 bits per heavy atom. The molecule has 1 aliphatic rings. The van der Waals surface area contributed by atoms with E-state index in [1.807, 2.05) is 6.07 Å². The van der Waals surface area contributed by atoms with Gasteiger partial charge in [-0.2, -0.15) is 0 Å². The summed E-state index contributed by atoms with van der Waals surface area (Å²) in [6.07, 6.45) is 1.65. The van der Waals surface area contributed by atoms with Gasteiger partial charge in [-0.15, -0.1) is 0 Å². The van der Waals surface area contributed by atoms with E-state index in [4.69, 9.17) is 4.74 Å². The van der Waals surface area contributed by atoms with E-state index >= 15 is 0 Å². The van der Waals surface area contributed by atoms with Crippen LogP contribution in [0.3, 0.4) is 0 Å². The number of Topliss-reactive ketones (excluding diaryl/α,β-unsaturated/α-hetero) is 1. The zero-order chi connectivity index (χ0) is 15.1. The van der Waals surface area contributed by atoms with Crippen LogP contribution >= 0.6 is 47.8 Å². The molecule has 0 spiro atoms. The fourth-order valence-electron chi connectivity index (χ4n) is 1.99. The van der Waals surface area contributed by atoms with E-state index < -0.39 is 0 Å². The number of phenolic OH excluding ortho intramolecular Hbond substituents is 1. The summed E-state index contributed by atoms with van der Waals surface area (Å²) in [6.45, 7) is 0. The first-order valence-electron chi connectivity index (χ1n) is 5.87. The van der Waals surface area contributed by atoms with Gasteiger partial charge in [0, 0.05) is 8.95 Å². The van der Waals surface area contributed by atoms with E-state index in [0.29, 0.717) is 20.3 Å². The molecule has 21 heavy (non-hydrogen) atoms. The van der Waals surface area contributed by atoms with E-state index in [0.717, 1.165) is 10.0 Å². The number of hydrogen-bond donors (Lipinski definition) is 1. The quantitative estimate of drug-likeness (QED) is 0.571. The Morgan fingerprint density at radius 3 is 2.52 bits per heavy atom. The smallest absolute Gasteiger partial charge is 0.232 e. The largest absolute Gasteiger partial charge is 0.508 e. The minimum atomic E-state index is -0.174. The fraction of sp³-hybridized carbons (Fsp3) is 0. The summed E-state index contributed by atoms with van der Waals surface area (Å²) in [4.78, 5) is 12.4. The molecule has 0 saturated heterocycles. The van der Waals surface area contributed by atoms with Gasteiger partial charge in [0.1, 0.15) is 5.75 Å². The summed E-state index contributed by atoms with van der Waals surface area (Å²) in [5, 5.41) is 9.40. The monoisotopic (exact) mass is 472 g/mol. The Labute approximate surface area is 146 Å². The van der Waals surface area contributed by atoms with Crippen LogP contribution in [0.5, 0.6) is 11.5 Å². The summed E-state index contributed by atoms with van der Waals surface area (Å²) in [6, 6.07) is 8.37. The normalized spacial score (nSPS) is 15.2. The van der Waals surface area contributed by atoms with Gasteiger partial charge >= 0.3 is 0 Å². The lowest BCUT2D eigenvalue weighted by atomic mass is 10.1. The lowest BCUT2D eigenvalue weighted by Gasteiger charge is -2.03. The molecular weight excluding hydrogens is 468 g/mol. The highest BCUT2D eigenvalue weighted by Gasteiger charge is 2.29. The molecule has 3 nitrogen and oxygen atoms in total.